The molecule has 1 heterocycles. The van der Waals surface area contributed by atoms with Crippen molar-refractivity contribution in [2.45, 2.75) is 12.0 Å². The minimum absolute atomic E-state index is 0.276. The van der Waals surface area contributed by atoms with Crippen LogP contribution in [0.5, 0.6) is 0 Å². The fraction of sp³-hybridized carbons (Fsp3) is 0.238. The molecule has 1 saturated heterocycles. The van der Waals surface area contributed by atoms with Crippen LogP contribution in [-0.2, 0) is 16.8 Å². The van der Waals surface area contributed by atoms with Crippen LogP contribution in [-0.4, -0.2) is 19.7 Å². The van der Waals surface area contributed by atoms with Crippen LogP contribution in [0.3, 0.4) is 0 Å². The molecule has 1 atom stereocenters. The molecular weight excluding hydrogens is 282 g/mol. The molecule has 2 heteroatoms. The second-order valence-corrected chi connectivity index (χ2v) is 6.24. The van der Waals surface area contributed by atoms with Crippen molar-refractivity contribution in [3.63, 3.8) is 0 Å². The van der Waals surface area contributed by atoms with Crippen LogP contribution < -0.4 is 5.32 Å². The Morgan fingerprint density at radius 3 is 2.43 bits per heavy atom. The minimum Gasteiger partial charge on any atom is -0.367 e. The molecule has 0 saturated carbocycles. The summed E-state index contributed by atoms with van der Waals surface area (Å²) >= 11 is 0. The third-order valence-electron chi connectivity index (χ3n) is 4.67. The fourth-order valence-corrected chi connectivity index (χ4v) is 3.48. The van der Waals surface area contributed by atoms with E-state index in [1.54, 1.807) is 0 Å². The van der Waals surface area contributed by atoms with E-state index in [2.05, 4.69) is 78.1 Å². The molecule has 116 valence electrons. The molecule has 1 aliphatic rings. The van der Waals surface area contributed by atoms with Crippen LogP contribution in [0.2, 0.25) is 0 Å². The molecule has 3 aromatic carbocycles. The van der Waals surface area contributed by atoms with E-state index in [1.807, 2.05) is 0 Å². The average Bonchev–Trinajstić information content (AvgIpc) is 2.63. The first kappa shape index (κ1) is 14.4. The molecule has 0 radical (unpaired) electrons. The summed E-state index contributed by atoms with van der Waals surface area (Å²) in [6.07, 6.45) is 0.884. The number of hydrogen-bond acceptors (Lipinski definition) is 2. The van der Waals surface area contributed by atoms with Crippen molar-refractivity contribution in [2.75, 3.05) is 19.7 Å². The van der Waals surface area contributed by atoms with Crippen LogP contribution >= 0.6 is 0 Å². The van der Waals surface area contributed by atoms with Crippen molar-refractivity contribution in [3.05, 3.63) is 83.9 Å². The molecule has 2 nitrogen and oxygen atoms in total. The molecule has 1 N–H and O–H groups in total. The Labute approximate surface area is 137 Å². The van der Waals surface area contributed by atoms with Gasteiger partial charge in [0.05, 0.1) is 6.61 Å². The lowest BCUT2D eigenvalue weighted by Gasteiger charge is -2.38. The topological polar surface area (TPSA) is 21.3 Å². The lowest BCUT2D eigenvalue weighted by Crippen LogP contribution is -2.48. The monoisotopic (exact) mass is 303 g/mol. The van der Waals surface area contributed by atoms with Crippen LogP contribution in [0.25, 0.3) is 10.8 Å². The van der Waals surface area contributed by atoms with Gasteiger partial charge in [-0.2, -0.15) is 0 Å². The first-order valence-corrected chi connectivity index (χ1v) is 8.24. The van der Waals surface area contributed by atoms with E-state index < -0.39 is 0 Å². The van der Waals surface area contributed by atoms with Crippen LogP contribution in [0.4, 0.5) is 0 Å². The van der Waals surface area contributed by atoms with Gasteiger partial charge in [-0.05, 0) is 21.9 Å². The Bertz CT molecular complexity index is 791. The van der Waals surface area contributed by atoms with Gasteiger partial charge in [0.1, 0.15) is 5.60 Å². The van der Waals surface area contributed by atoms with Crippen molar-refractivity contribution in [1.82, 2.24) is 5.32 Å². The standard InChI is InChI=1S/C21H21NO/c1-2-8-20(9-3-1)21(16-22-12-13-23-21)15-17-10-11-18-6-4-5-7-19(18)14-17/h1-11,14,22H,12-13,15-16H2. The molecule has 3 aromatic rings. The molecule has 0 bridgehead atoms. The Morgan fingerprint density at radius 2 is 1.65 bits per heavy atom. The molecule has 4 rings (SSSR count). The first-order valence-electron chi connectivity index (χ1n) is 8.24. The summed E-state index contributed by atoms with van der Waals surface area (Å²) in [5.74, 6) is 0. The predicted molar refractivity (Wildman–Crippen MR) is 94.6 cm³/mol. The maximum Gasteiger partial charge on any atom is 0.110 e. The van der Waals surface area contributed by atoms with Crippen molar-refractivity contribution in [1.29, 1.82) is 0 Å². The third kappa shape index (κ3) is 2.88. The van der Waals surface area contributed by atoms with Crippen molar-refractivity contribution >= 4 is 10.8 Å². The highest BCUT2D eigenvalue weighted by molar-refractivity contribution is 5.83. The number of fused-ring (bicyclic) bond motifs is 1. The summed E-state index contributed by atoms with van der Waals surface area (Å²) in [6.45, 7) is 2.53. The van der Waals surface area contributed by atoms with E-state index in [9.17, 15) is 0 Å². The van der Waals surface area contributed by atoms with Gasteiger partial charge in [0.15, 0.2) is 0 Å². The SMILES string of the molecule is c1ccc(C2(Cc3ccc4ccccc4c3)CNCCO2)cc1. The molecular formula is C21H21NO. The zero-order valence-electron chi connectivity index (χ0n) is 13.2. The van der Waals surface area contributed by atoms with Gasteiger partial charge in [-0.25, -0.2) is 0 Å². The molecule has 0 spiro atoms. The summed E-state index contributed by atoms with van der Waals surface area (Å²) in [5.41, 5.74) is 2.29. The Hall–Kier alpha value is -2.16. The minimum atomic E-state index is -0.276. The smallest absolute Gasteiger partial charge is 0.110 e. The van der Waals surface area contributed by atoms with Gasteiger partial charge in [0, 0.05) is 19.5 Å². The van der Waals surface area contributed by atoms with Gasteiger partial charge in [0.2, 0.25) is 0 Å². The second-order valence-electron chi connectivity index (χ2n) is 6.24. The molecule has 1 aliphatic heterocycles. The average molecular weight is 303 g/mol. The molecule has 1 fully saturated rings. The lowest BCUT2D eigenvalue weighted by atomic mass is 9.85. The second kappa shape index (κ2) is 6.15. The number of hydrogen-bond donors (Lipinski definition) is 1. The van der Waals surface area contributed by atoms with E-state index in [-0.39, 0.29) is 5.60 Å². The lowest BCUT2D eigenvalue weighted by molar-refractivity contribution is -0.0708. The highest BCUT2D eigenvalue weighted by Gasteiger charge is 2.35. The van der Waals surface area contributed by atoms with Crippen LogP contribution in [0, 0.1) is 0 Å². The van der Waals surface area contributed by atoms with E-state index in [0.717, 1.165) is 26.1 Å². The van der Waals surface area contributed by atoms with Crippen LogP contribution in [0.15, 0.2) is 72.8 Å². The number of rotatable bonds is 3. The van der Waals surface area contributed by atoms with Crippen molar-refractivity contribution < 1.29 is 4.74 Å². The summed E-state index contributed by atoms with van der Waals surface area (Å²) in [4.78, 5) is 0. The number of ether oxygens (including phenoxy) is 1. The summed E-state index contributed by atoms with van der Waals surface area (Å²) in [6, 6.07) is 25.8. The summed E-state index contributed by atoms with van der Waals surface area (Å²) in [5, 5.41) is 6.08. The highest BCUT2D eigenvalue weighted by atomic mass is 16.5. The zero-order chi connectivity index (χ0) is 15.5. The molecule has 0 aliphatic carbocycles. The van der Waals surface area contributed by atoms with E-state index in [4.69, 9.17) is 4.74 Å². The first-order chi connectivity index (χ1) is 11.4. The van der Waals surface area contributed by atoms with E-state index >= 15 is 0 Å². The Morgan fingerprint density at radius 1 is 0.870 bits per heavy atom. The van der Waals surface area contributed by atoms with Gasteiger partial charge < -0.3 is 10.1 Å². The van der Waals surface area contributed by atoms with E-state index in [1.165, 1.54) is 21.9 Å². The molecule has 1 unspecified atom stereocenters. The van der Waals surface area contributed by atoms with Gasteiger partial charge in [0.25, 0.3) is 0 Å². The summed E-state index contributed by atoms with van der Waals surface area (Å²) < 4.78 is 6.31. The number of morpholine rings is 1. The van der Waals surface area contributed by atoms with Gasteiger partial charge in [-0.1, -0.05) is 72.8 Å². The normalized spacial score (nSPS) is 21.4. The maximum absolute atomic E-state index is 6.31. The van der Waals surface area contributed by atoms with Gasteiger partial charge >= 0.3 is 0 Å². The molecule has 23 heavy (non-hydrogen) atoms. The fourth-order valence-electron chi connectivity index (χ4n) is 3.48. The molecule has 0 aromatic heterocycles. The van der Waals surface area contributed by atoms with Crippen molar-refractivity contribution in [2.24, 2.45) is 0 Å². The third-order valence-corrected chi connectivity index (χ3v) is 4.67. The number of nitrogens with one attached hydrogen (secondary N) is 1. The van der Waals surface area contributed by atoms with E-state index in [0.29, 0.717) is 0 Å². The van der Waals surface area contributed by atoms with Gasteiger partial charge in [-0.15, -0.1) is 0 Å². The largest absolute Gasteiger partial charge is 0.367 e. The predicted octanol–water partition coefficient (Wildman–Crippen LogP) is 3.90. The zero-order valence-corrected chi connectivity index (χ0v) is 13.2. The van der Waals surface area contributed by atoms with Gasteiger partial charge in [-0.3, -0.25) is 0 Å². The number of benzene rings is 3. The quantitative estimate of drug-likeness (QED) is 0.792. The van der Waals surface area contributed by atoms with Crippen LogP contribution in [0.1, 0.15) is 11.1 Å². The highest BCUT2D eigenvalue weighted by Crippen LogP contribution is 2.32. The van der Waals surface area contributed by atoms with Crippen molar-refractivity contribution in [3.8, 4) is 0 Å². The molecule has 0 amide bonds. The Balaban J connectivity index is 1.72. The summed E-state index contributed by atoms with van der Waals surface area (Å²) in [7, 11) is 0. The maximum atomic E-state index is 6.31. The Kier molecular flexibility index (Phi) is 3.86.